The highest BCUT2D eigenvalue weighted by atomic mass is 32.2. The molecule has 4 nitrogen and oxygen atoms in total. The third-order valence-electron chi connectivity index (χ3n) is 2.36. The quantitative estimate of drug-likeness (QED) is 0.873. The first-order chi connectivity index (χ1) is 7.39. The van der Waals surface area contributed by atoms with E-state index in [9.17, 15) is 17.2 Å². The highest BCUT2D eigenvalue weighted by Gasteiger charge is 2.46. The second-order valence-electron chi connectivity index (χ2n) is 3.77. The third kappa shape index (κ3) is 2.35. The van der Waals surface area contributed by atoms with Crippen LogP contribution in [0.25, 0.3) is 0 Å². The van der Waals surface area contributed by atoms with Crippen LogP contribution in [0.3, 0.4) is 0 Å². The molecular formula is C9H10F2N2O2S. The lowest BCUT2D eigenvalue weighted by atomic mass is 9.89. The zero-order valence-corrected chi connectivity index (χ0v) is 9.05. The van der Waals surface area contributed by atoms with E-state index >= 15 is 0 Å². The maximum Gasteiger partial charge on any atom is 0.251 e. The van der Waals surface area contributed by atoms with Crippen LogP contribution in [0.5, 0.6) is 0 Å². The Morgan fingerprint density at radius 1 is 1.44 bits per heavy atom. The molecule has 0 aliphatic heterocycles. The van der Waals surface area contributed by atoms with Gasteiger partial charge in [-0.1, -0.05) is 0 Å². The van der Waals surface area contributed by atoms with Gasteiger partial charge in [-0.25, -0.2) is 21.9 Å². The monoisotopic (exact) mass is 248 g/mol. The lowest BCUT2D eigenvalue weighted by Crippen LogP contribution is -2.50. The van der Waals surface area contributed by atoms with Gasteiger partial charge in [0.1, 0.15) is 4.90 Å². The van der Waals surface area contributed by atoms with Gasteiger partial charge in [0.05, 0.1) is 0 Å². The number of alkyl halides is 2. The SMILES string of the molecule is O=S(=O)(NC1CC(F)(F)C1)c1cccnc1. The fourth-order valence-electron chi connectivity index (χ4n) is 1.54. The first kappa shape index (κ1) is 11.4. The van der Waals surface area contributed by atoms with E-state index in [0.717, 1.165) is 0 Å². The van der Waals surface area contributed by atoms with Crippen LogP contribution in [0, 0.1) is 0 Å². The second-order valence-corrected chi connectivity index (χ2v) is 5.49. The van der Waals surface area contributed by atoms with Gasteiger partial charge >= 0.3 is 0 Å². The largest absolute Gasteiger partial charge is 0.263 e. The number of hydrogen-bond donors (Lipinski definition) is 1. The van der Waals surface area contributed by atoms with Gasteiger partial charge in [-0.2, -0.15) is 0 Å². The van der Waals surface area contributed by atoms with Gasteiger partial charge < -0.3 is 0 Å². The molecule has 0 unspecified atom stereocenters. The molecule has 0 saturated heterocycles. The Hall–Kier alpha value is -1.08. The summed E-state index contributed by atoms with van der Waals surface area (Å²) in [6, 6.07) is 2.16. The summed E-state index contributed by atoms with van der Waals surface area (Å²) < 4.78 is 50.6. The van der Waals surface area contributed by atoms with Crippen molar-refractivity contribution in [1.82, 2.24) is 9.71 Å². The summed E-state index contributed by atoms with van der Waals surface area (Å²) >= 11 is 0. The summed E-state index contributed by atoms with van der Waals surface area (Å²) in [7, 11) is -3.72. The molecule has 0 spiro atoms. The number of aromatic nitrogens is 1. The molecule has 0 amide bonds. The van der Waals surface area contributed by atoms with Crippen LogP contribution in [-0.2, 0) is 10.0 Å². The van der Waals surface area contributed by atoms with Crippen molar-refractivity contribution in [2.45, 2.75) is 29.7 Å². The first-order valence-corrected chi connectivity index (χ1v) is 6.18. The fourth-order valence-corrected chi connectivity index (χ4v) is 2.74. The number of sulfonamides is 1. The van der Waals surface area contributed by atoms with Crippen LogP contribution in [0.15, 0.2) is 29.4 Å². The van der Waals surface area contributed by atoms with E-state index in [-0.39, 0.29) is 4.90 Å². The van der Waals surface area contributed by atoms with Crippen molar-refractivity contribution in [3.63, 3.8) is 0 Å². The van der Waals surface area contributed by atoms with Crippen LogP contribution >= 0.6 is 0 Å². The van der Waals surface area contributed by atoms with Crippen LogP contribution in [0.2, 0.25) is 0 Å². The molecular weight excluding hydrogens is 238 g/mol. The smallest absolute Gasteiger partial charge is 0.251 e. The highest BCUT2D eigenvalue weighted by Crippen LogP contribution is 2.37. The van der Waals surface area contributed by atoms with E-state index in [2.05, 4.69) is 9.71 Å². The predicted molar refractivity (Wildman–Crippen MR) is 52.5 cm³/mol. The minimum Gasteiger partial charge on any atom is -0.263 e. The summed E-state index contributed by atoms with van der Waals surface area (Å²) in [5.41, 5.74) is 0. The summed E-state index contributed by atoms with van der Waals surface area (Å²) in [5, 5.41) is 0. The molecule has 1 N–H and O–H groups in total. The molecule has 1 aliphatic carbocycles. The van der Waals surface area contributed by atoms with Crippen LogP contribution in [-0.4, -0.2) is 25.4 Å². The maximum atomic E-state index is 12.5. The first-order valence-electron chi connectivity index (χ1n) is 4.69. The molecule has 1 fully saturated rings. The van der Waals surface area contributed by atoms with Crippen molar-refractivity contribution >= 4 is 10.0 Å². The fraction of sp³-hybridized carbons (Fsp3) is 0.444. The Morgan fingerprint density at radius 3 is 2.62 bits per heavy atom. The number of pyridine rings is 1. The topological polar surface area (TPSA) is 59.1 Å². The molecule has 0 bridgehead atoms. The predicted octanol–water partition coefficient (Wildman–Crippen LogP) is 1.16. The van der Waals surface area contributed by atoms with E-state index in [4.69, 9.17) is 0 Å². The van der Waals surface area contributed by atoms with E-state index in [0.29, 0.717) is 0 Å². The molecule has 0 radical (unpaired) electrons. The molecule has 0 atom stereocenters. The summed E-state index contributed by atoms with van der Waals surface area (Å²) in [5.74, 6) is -2.73. The minimum absolute atomic E-state index is 0.00906. The molecule has 1 aromatic rings. The summed E-state index contributed by atoms with van der Waals surface area (Å²) in [6.45, 7) is 0. The molecule has 88 valence electrons. The zero-order chi connectivity index (χ0) is 11.8. The highest BCUT2D eigenvalue weighted by molar-refractivity contribution is 7.89. The second kappa shape index (κ2) is 3.74. The molecule has 7 heteroatoms. The molecule has 16 heavy (non-hydrogen) atoms. The van der Waals surface area contributed by atoms with E-state index < -0.39 is 34.8 Å². The van der Waals surface area contributed by atoms with E-state index in [1.165, 1.54) is 24.5 Å². The Morgan fingerprint density at radius 2 is 2.12 bits per heavy atom. The van der Waals surface area contributed by atoms with Gasteiger partial charge in [-0.15, -0.1) is 0 Å². The zero-order valence-electron chi connectivity index (χ0n) is 8.23. The van der Waals surface area contributed by atoms with E-state index in [1.807, 2.05) is 0 Å². The lowest BCUT2D eigenvalue weighted by molar-refractivity contribution is -0.0876. The Bertz CT molecular complexity index is 468. The Labute approximate surface area is 91.7 Å². The normalized spacial score (nSPS) is 20.4. The third-order valence-corrected chi connectivity index (χ3v) is 3.86. The van der Waals surface area contributed by atoms with Gasteiger partial charge in [0, 0.05) is 31.3 Å². The van der Waals surface area contributed by atoms with Gasteiger partial charge in [0.15, 0.2) is 0 Å². The van der Waals surface area contributed by atoms with Crippen LogP contribution in [0.4, 0.5) is 8.78 Å². The molecule has 0 aromatic carbocycles. The summed E-state index contributed by atoms with van der Waals surface area (Å²) in [4.78, 5) is 3.65. The van der Waals surface area contributed by atoms with Crippen LogP contribution in [0.1, 0.15) is 12.8 Å². The van der Waals surface area contributed by atoms with Gasteiger partial charge in [0.2, 0.25) is 10.0 Å². The Kier molecular flexibility index (Phi) is 2.67. The average Bonchev–Trinajstić information content (AvgIpc) is 2.16. The Balaban J connectivity index is 2.06. The maximum absolute atomic E-state index is 12.5. The number of nitrogens with one attached hydrogen (secondary N) is 1. The van der Waals surface area contributed by atoms with E-state index in [1.54, 1.807) is 0 Å². The molecule has 1 aromatic heterocycles. The molecule has 1 heterocycles. The number of halogens is 2. The number of hydrogen-bond acceptors (Lipinski definition) is 3. The molecule has 1 saturated carbocycles. The van der Waals surface area contributed by atoms with Crippen molar-refractivity contribution in [3.8, 4) is 0 Å². The summed E-state index contributed by atoms with van der Waals surface area (Å²) in [6.07, 6.45) is 1.74. The van der Waals surface area contributed by atoms with Gasteiger partial charge in [-0.3, -0.25) is 4.98 Å². The van der Waals surface area contributed by atoms with Crippen LogP contribution < -0.4 is 4.72 Å². The van der Waals surface area contributed by atoms with Gasteiger partial charge in [-0.05, 0) is 12.1 Å². The van der Waals surface area contributed by atoms with Crippen molar-refractivity contribution in [3.05, 3.63) is 24.5 Å². The average molecular weight is 248 g/mol. The molecule has 2 rings (SSSR count). The van der Waals surface area contributed by atoms with Crippen molar-refractivity contribution in [1.29, 1.82) is 0 Å². The number of nitrogens with zero attached hydrogens (tertiary/aromatic N) is 1. The molecule has 1 aliphatic rings. The van der Waals surface area contributed by atoms with Crippen molar-refractivity contribution < 1.29 is 17.2 Å². The van der Waals surface area contributed by atoms with Crippen molar-refractivity contribution in [2.24, 2.45) is 0 Å². The number of rotatable bonds is 3. The standard InChI is InChI=1S/C9H10F2N2O2S/c10-9(11)4-7(5-9)13-16(14,15)8-2-1-3-12-6-8/h1-3,6-7,13H,4-5H2. The lowest BCUT2D eigenvalue weighted by Gasteiger charge is -2.34. The minimum atomic E-state index is -3.72. The van der Waals surface area contributed by atoms with Gasteiger partial charge in [0.25, 0.3) is 5.92 Å². The van der Waals surface area contributed by atoms with Crippen molar-refractivity contribution in [2.75, 3.05) is 0 Å².